The molecule has 5 heteroatoms. The lowest BCUT2D eigenvalue weighted by Crippen LogP contribution is -2.28. The zero-order valence-electron chi connectivity index (χ0n) is 12.4. The average Bonchev–Trinajstić information content (AvgIpc) is 2.90. The quantitative estimate of drug-likeness (QED) is 0.878. The minimum atomic E-state index is -0.0772. The number of hydrogen-bond donors (Lipinski definition) is 1. The number of para-hydroxylation sites is 1. The van der Waals surface area contributed by atoms with Crippen molar-refractivity contribution in [2.24, 2.45) is 0 Å². The van der Waals surface area contributed by atoms with Crippen LogP contribution in [0.4, 0.5) is 11.4 Å². The molecule has 1 unspecified atom stereocenters. The Kier molecular flexibility index (Phi) is 4.24. The van der Waals surface area contributed by atoms with Crippen LogP contribution in [-0.2, 0) is 4.79 Å². The van der Waals surface area contributed by atoms with E-state index in [-0.39, 0.29) is 11.3 Å². The van der Waals surface area contributed by atoms with Crippen molar-refractivity contribution in [1.82, 2.24) is 0 Å². The topological polar surface area (TPSA) is 55.6 Å². The molecule has 0 aromatic heterocycles. The molecule has 2 N–H and O–H groups in total. The number of rotatable bonds is 4. The number of amides is 1. The summed E-state index contributed by atoms with van der Waals surface area (Å²) in [6.07, 6.45) is 0. The highest BCUT2D eigenvalue weighted by molar-refractivity contribution is 8.00. The molecule has 0 saturated carbocycles. The van der Waals surface area contributed by atoms with Crippen LogP contribution in [0.3, 0.4) is 0 Å². The van der Waals surface area contributed by atoms with Crippen LogP contribution in [0.2, 0.25) is 0 Å². The number of carbonyl (C=O) groups excluding carboxylic acids is 1. The molecule has 114 valence electrons. The molecule has 1 aliphatic rings. The van der Waals surface area contributed by atoms with E-state index in [1.807, 2.05) is 60.4 Å². The second kappa shape index (κ2) is 6.32. The summed E-state index contributed by atoms with van der Waals surface area (Å²) in [5.74, 6) is 1.37. The first-order valence-electron chi connectivity index (χ1n) is 7.21. The van der Waals surface area contributed by atoms with E-state index < -0.39 is 0 Å². The maximum atomic E-state index is 12.3. The fourth-order valence-corrected chi connectivity index (χ4v) is 3.76. The van der Waals surface area contributed by atoms with Crippen molar-refractivity contribution in [3.63, 3.8) is 0 Å². The van der Waals surface area contributed by atoms with Crippen LogP contribution in [0.25, 0.3) is 0 Å². The predicted molar refractivity (Wildman–Crippen MR) is 91.2 cm³/mol. The van der Waals surface area contributed by atoms with Crippen LogP contribution >= 0.6 is 11.8 Å². The number of nitrogen functional groups attached to an aromatic ring is 1. The molecule has 0 spiro atoms. The van der Waals surface area contributed by atoms with Gasteiger partial charge in [-0.3, -0.25) is 9.69 Å². The van der Waals surface area contributed by atoms with Gasteiger partial charge < -0.3 is 10.5 Å². The van der Waals surface area contributed by atoms with E-state index >= 15 is 0 Å². The van der Waals surface area contributed by atoms with Crippen LogP contribution in [0.15, 0.2) is 48.5 Å². The second-order valence-electron chi connectivity index (χ2n) is 4.98. The third kappa shape index (κ3) is 2.76. The number of benzene rings is 2. The summed E-state index contributed by atoms with van der Waals surface area (Å²) in [5, 5.41) is -0.0772. The lowest BCUT2D eigenvalue weighted by Gasteiger charge is -2.25. The molecule has 0 radical (unpaired) electrons. The molecule has 22 heavy (non-hydrogen) atoms. The lowest BCUT2D eigenvalue weighted by atomic mass is 10.1. The van der Waals surface area contributed by atoms with E-state index in [4.69, 9.17) is 10.5 Å². The van der Waals surface area contributed by atoms with Gasteiger partial charge in [-0.2, -0.15) is 0 Å². The highest BCUT2D eigenvalue weighted by atomic mass is 32.2. The highest BCUT2D eigenvalue weighted by Gasteiger charge is 2.34. The van der Waals surface area contributed by atoms with Gasteiger partial charge in [0.15, 0.2) is 0 Å². The molecule has 2 aromatic carbocycles. The van der Waals surface area contributed by atoms with Crippen LogP contribution in [-0.4, -0.2) is 18.3 Å². The first-order chi connectivity index (χ1) is 10.7. The average molecular weight is 314 g/mol. The second-order valence-corrected chi connectivity index (χ2v) is 6.05. The number of hydrogen-bond acceptors (Lipinski definition) is 4. The zero-order chi connectivity index (χ0) is 15.5. The number of anilines is 2. The van der Waals surface area contributed by atoms with Crippen LogP contribution in [0.5, 0.6) is 5.75 Å². The summed E-state index contributed by atoms with van der Waals surface area (Å²) in [7, 11) is 0. The zero-order valence-corrected chi connectivity index (χ0v) is 13.2. The maximum absolute atomic E-state index is 12.3. The number of nitrogens with two attached hydrogens (primary N) is 1. The first-order valence-corrected chi connectivity index (χ1v) is 8.26. The minimum Gasteiger partial charge on any atom is -0.494 e. The van der Waals surface area contributed by atoms with E-state index in [2.05, 4.69) is 0 Å². The van der Waals surface area contributed by atoms with E-state index in [9.17, 15) is 4.79 Å². The summed E-state index contributed by atoms with van der Waals surface area (Å²) >= 11 is 1.60. The van der Waals surface area contributed by atoms with Crippen molar-refractivity contribution in [1.29, 1.82) is 0 Å². The Morgan fingerprint density at radius 1 is 1.23 bits per heavy atom. The number of carbonyl (C=O) groups is 1. The van der Waals surface area contributed by atoms with Gasteiger partial charge in [-0.1, -0.05) is 18.2 Å². The van der Waals surface area contributed by atoms with Gasteiger partial charge in [-0.15, -0.1) is 11.8 Å². The molecule has 4 nitrogen and oxygen atoms in total. The van der Waals surface area contributed by atoms with Crippen molar-refractivity contribution in [3.05, 3.63) is 54.1 Å². The molecule has 1 amide bonds. The largest absolute Gasteiger partial charge is 0.494 e. The molecule has 0 bridgehead atoms. The fraction of sp³-hybridized carbons (Fsp3) is 0.235. The Bertz CT molecular complexity index is 673. The number of thioether (sulfide) groups is 1. The molecule has 2 aromatic rings. The van der Waals surface area contributed by atoms with Gasteiger partial charge in [-0.05, 0) is 37.3 Å². The molecular weight excluding hydrogens is 296 g/mol. The number of nitrogens with zero attached hydrogens (tertiary/aromatic N) is 1. The van der Waals surface area contributed by atoms with E-state index in [0.29, 0.717) is 18.0 Å². The van der Waals surface area contributed by atoms with E-state index in [1.54, 1.807) is 11.8 Å². The summed E-state index contributed by atoms with van der Waals surface area (Å²) < 4.78 is 5.45. The van der Waals surface area contributed by atoms with Gasteiger partial charge >= 0.3 is 0 Å². The monoisotopic (exact) mass is 314 g/mol. The Morgan fingerprint density at radius 3 is 2.64 bits per heavy atom. The van der Waals surface area contributed by atoms with Gasteiger partial charge in [-0.25, -0.2) is 0 Å². The van der Waals surface area contributed by atoms with Gasteiger partial charge in [0.1, 0.15) is 11.1 Å². The summed E-state index contributed by atoms with van der Waals surface area (Å²) in [4.78, 5) is 14.1. The Balaban J connectivity index is 1.92. The Hall–Kier alpha value is -2.14. The van der Waals surface area contributed by atoms with Crippen LogP contribution in [0, 0.1) is 0 Å². The maximum Gasteiger partial charge on any atom is 0.238 e. The van der Waals surface area contributed by atoms with Crippen molar-refractivity contribution < 1.29 is 9.53 Å². The summed E-state index contributed by atoms with van der Waals surface area (Å²) in [6, 6.07) is 15.3. The lowest BCUT2D eigenvalue weighted by molar-refractivity contribution is -0.115. The van der Waals surface area contributed by atoms with Crippen molar-refractivity contribution in [3.8, 4) is 5.75 Å². The van der Waals surface area contributed by atoms with Crippen LogP contribution < -0.4 is 15.4 Å². The van der Waals surface area contributed by atoms with Gasteiger partial charge in [0.25, 0.3) is 0 Å². The molecule has 1 aliphatic heterocycles. The molecule has 1 atom stereocenters. The predicted octanol–water partition coefficient (Wildman–Crippen LogP) is 3.45. The Morgan fingerprint density at radius 2 is 1.95 bits per heavy atom. The smallest absolute Gasteiger partial charge is 0.238 e. The normalized spacial score (nSPS) is 17.8. The van der Waals surface area contributed by atoms with Crippen molar-refractivity contribution >= 4 is 29.0 Å². The van der Waals surface area contributed by atoms with Gasteiger partial charge in [0, 0.05) is 16.9 Å². The van der Waals surface area contributed by atoms with Gasteiger partial charge in [0.2, 0.25) is 5.91 Å². The minimum absolute atomic E-state index is 0.0772. The fourth-order valence-electron chi connectivity index (χ4n) is 2.54. The molecule has 1 fully saturated rings. The molecule has 1 heterocycles. The summed E-state index contributed by atoms with van der Waals surface area (Å²) in [5.41, 5.74) is 8.64. The third-order valence-corrected chi connectivity index (χ3v) is 4.75. The molecule has 3 rings (SSSR count). The third-order valence-electron chi connectivity index (χ3n) is 3.56. The Labute approximate surface area is 134 Å². The molecular formula is C17H18N2O2S. The molecule has 1 saturated heterocycles. The van der Waals surface area contributed by atoms with E-state index in [1.165, 1.54) is 0 Å². The summed E-state index contributed by atoms with van der Waals surface area (Å²) in [6.45, 7) is 2.57. The van der Waals surface area contributed by atoms with Crippen molar-refractivity contribution in [2.75, 3.05) is 23.0 Å². The first kappa shape index (κ1) is 14.8. The highest BCUT2D eigenvalue weighted by Crippen LogP contribution is 2.43. The van der Waals surface area contributed by atoms with E-state index in [0.717, 1.165) is 17.0 Å². The van der Waals surface area contributed by atoms with Gasteiger partial charge in [0.05, 0.1) is 12.4 Å². The SMILES string of the molecule is CCOc1ccc(N2C(=O)CSC2c2ccccc2N)cc1. The van der Waals surface area contributed by atoms with Crippen LogP contribution in [0.1, 0.15) is 17.9 Å². The standard InChI is InChI=1S/C17H18N2O2S/c1-2-21-13-9-7-12(8-10-13)19-16(20)11-22-17(19)14-5-3-4-6-15(14)18/h3-10,17H,2,11,18H2,1H3. The van der Waals surface area contributed by atoms with Crippen molar-refractivity contribution in [2.45, 2.75) is 12.3 Å². The number of ether oxygens (including phenoxy) is 1. The molecule has 0 aliphatic carbocycles.